The average Bonchev–Trinajstić information content (AvgIpc) is 2.53. The van der Waals surface area contributed by atoms with Gasteiger partial charge in [0.1, 0.15) is 5.82 Å². The van der Waals surface area contributed by atoms with Crippen LogP contribution in [-0.2, 0) is 6.54 Å². The third kappa shape index (κ3) is 6.87. The Morgan fingerprint density at radius 2 is 1.79 bits per heavy atom. The van der Waals surface area contributed by atoms with Crippen molar-refractivity contribution in [2.75, 3.05) is 26.2 Å². The number of unbranched alkanes of at least 4 members (excludes halogenated alkanes) is 1. The van der Waals surface area contributed by atoms with Crippen LogP contribution in [0.3, 0.4) is 0 Å². The van der Waals surface area contributed by atoms with E-state index in [2.05, 4.69) is 29.4 Å². The maximum atomic E-state index is 12.8. The summed E-state index contributed by atoms with van der Waals surface area (Å²) in [5.41, 5.74) is 0.889. The standard InChI is InChI=1S/C19H30FN3O/c1-15-11-16(2)14-23(13-15)10-4-3-9-21-19(24)22-12-17-5-7-18(20)8-6-17/h5-8,15-16H,3-4,9-14H2,1-2H3,(H2,21,22,24)/t15-,16-/m1/s1. The summed E-state index contributed by atoms with van der Waals surface area (Å²) in [5.74, 6) is 1.33. The van der Waals surface area contributed by atoms with Crippen LogP contribution in [0.1, 0.15) is 38.7 Å². The maximum absolute atomic E-state index is 12.8. The van der Waals surface area contributed by atoms with Crippen molar-refractivity contribution in [3.05, 3.63) is 35.6 Å². The number of hydrogen-bond acceptors (Lipinski definition) is 2. The highest BCUT2D eigenvalue weighted by Crippen LogP contribution is 2.20. The Kier molecular flexibility index (Phi) is 7.50. The zero-order chi connectivity index (χ0) is 17.4. The molecule has 134 valence electrons. The van der Waals surface area contributed by atoms with Gasteiger partial charge in [0.15, 0.2) is 0 Å². The van der Waals surface area contributed by atoms with E-state index in [0.717, 1.165) is 36.8 Å². The Bertz CT molecular complexity index is 496. The molecule has 0 unspecified atom stereocenters. The SMILES string of the molecule is C[C@@H]1C[C@@H](C)CN(CCCCNC(=O)NCc2ccc(F)cc2)C1. The summed E-state index contributed by atoms with van der Waals surface area (Å²) in [6, 6.07) is 5.99. The molecular weight excluding hydrogens is 305 g/mol. The Morgan fingerprint density at radius 3 is 2.46 bits per heavy atom. The number of hydrogen-bond donors (Lipinski definition) is 2. The predicted octanol–water partition coefficient (Wildman–Crippen LogP) is 3.38. The van der Waals surface area contributed by atoms with Gasteiger partial charge >= 0.3 is 6.03 Å². The predicted molar refractivity (Wildman–Crippen MR) is 95.3 cm³/mol. The van der Waals surface area contributed by atoms with Gasteiger partial charge in [-0.05, 0) is 55.3 Å². The molecule has 2 N–H and O–H groups in total. The average molecular weight is 335 g/mol. The molecule has 1 aliphatic rings. The van der Waals surface area contributed by atoms with Crippen LogP contribution in [0.5, 0.6) is 0 Å². The first-order valence-electron chi connectivity index (χ1n) is 9.01. The second-order valence-electron chi connectivity index (χ2n) is 7.15. The second kappa shape index (κ2) is 9.62. The van der Waals surface area contributed by atoms with Crippen LogP contribution in [0, 0.1) is 17.7 Å². The van der Waals surface area contributed by atoms with Crippen molar-refractivity contribution in [2.24, 2.45) is 11.8 Å². The molecule has 0 spiro atoms. The molecule has 2 amide bonds. The molecule has 0 aliphatic carbocycles. The minimum Gasteiger partial charge on any atom is -0.338 e. The topological polar surface area (TPSA) is 44.4 Å². The lowest BCUT2D eigenvalue weighted by atomic mass is 9.92. The van der Waals surface area contributed by atoms with E-state index in [1.807, 2.05) is 0 Å². The number of carbonyl (C=O) groups excluding carboxylic acids is 1. The van der Waals surface area contributed by atoms with Gasteiger partial charge in [0.05, 0.1) is 0 Å². The van der Waals surface area contributed by atoms with E-state index in [0.29, 0.717) is 13.1 Å². The molecule has 1 aromatic carbocycles. The number of carbonyl (C=O) groups is 1. The number of nitrogens with zero attached hydrogens (tertiary/aromatic N) is 1. The number of rotatable bonds is 7. The van der Waals surface area contributed by atoms with Crippen molar-refractivity contribution in [3.8, 4) is 0 Å². The molecule has 5 heteroatoms. The minimum absolute atomic E-state index is 0.167. The highest BCUT2D eigenvalue weighted by molar-refractivity contribution is 5.73. The van der Waals surface area contributed by atoms with Crippen LogP contribution in [0.15, 0.2) is 24.3 Å². The van der Waals surface area contributed by atoms with Crippen LogP contribution < -0.4 is 10.6 Å². The van der Waals surface area contributed by atoms with Gasteiger partial charge in [-0.2, -0.15) is 0 Å². The number of urea groups is 1. The van der Waals surface area contributed by atoms with Crippen LogP contribution >= 0.6 is 0 Å². The fourth-order valence-corrected chi connectivity index (χ4v) is 3.48. The molecule has 2 atom stereocenters. The summed E-state index contributed by atoms with van der Waals surface area (Å²) in [4.78, 5) is 14.3. The molecule has 1 aliphatic heterocycles. The zero-order valence-corrected chi connectivity index (χ0v) is 14.9. The second-order valence-corrected chi connectivity index (χ2v) is 7.15. The lowest BCUT2D eigenvalue weighted by Gasteiger charge is -2.34. The van der Waals surface area contributed by atoms with Gasteiger partial charge in [-0.15, -0.1) is 0 Å². The van der Waals surface area contributed by atoms with E-state index in [9.17, 15) is 9.18 Å². The van der Waals surface area contributed by atoms with Gasteiger partial charge in [-0.25, -0.2) is 9.18 Å². The Labute approximate surface area is 144 Å². The van der Waals surface area contributed by atoms with Crippen molar-refractivity contribution in [1.82, 2.24) is 15.5 Å². The number of benzene rings is 1. The first-order valence-corrected chi connectivity index (χ1v) is 9.01. The van der Waals surface area contributed by atoms with Crippen LogP contribution in [-0.4, -0.2) is 37.1 Å². The molecule has 4 nitrogen and oxygen atoms in total. The first kappa shape index (κ1) is 18.7. The number of likely N-dealkylation sites (tertiary alicyclic amines) is 1. The highest BCUT2D eigenvalue weighted by atomic mass is 19.1. The van der Waals surface area contributed by atoms with Crippen molar-refractivity contribution >= 4 is 6.03 Å². The molecule has 2 rings (SSSR count). The van der Waals surface area contributed by atoms with Gasteiger partial charge in [-0.3, -0.25) is 0 Å². The van der Waals surface area contributed by atoms with E-state index < -0.39 is 0 Å². The summed E-state index contributed by atoms with van der Waals surface area (Å²) in [7, 11) is 0. The fourth-order valence-electron chi connectivity index (χ4n) is 3.48. The molecule has 1 aromatic rings. The third-order valence-corrected chi connectivity index (χ3v) is 4.50. The largest absolute Gasteiger partial charge is 0.338 e. The lowest BCUT2D eigenvalue weighted by Crippen LogP contribution is -2.39. The summed E-state index contributed by atoms with van der Waals surface area (Å²) in [6.45, 7) is 9.29. The molecule has 0 saturated carbocycles. The van der Waals surface area contributed by atoms with E-state index in [1.54, 1.807) is 12.1 Å². The number of nitrogens with one attached hydrogen (secondary N) is 2. The molecule has 1 saturated heterocycles. The summed E-state index contributed by atoms with van der Waals surface area (Å²) < 4.78 is 12.8. The van der Waals surface area contributed by atoms with Crippen molar-refractivity contribution in [1.29, 1.82) is 0 Å². The smallest absolute Gasteiger partial charge is 0.315 e. The Balaban J connectivity index is 1.52. The van der Waals surface area contributed by atoms with Crippen molar-refractivity contribution in [3.63, 3.8) is 0 Å². The molecular formula is C19H30FN3O. The van der Waals surface area contributed by atoms with Crippen LogP contribution in [0.25, 0.3) is 0 Å². The monoisotopic (exact) mass is 335 g/mol. The normalized spacial score (nSPS) is 21.5. The minimum atomic E-state index is -0.263. The molecule has 0 bridgehead atoms. The van der Waals surface area contributed by atoms with Gasteiger partial charge in [0.25, 0.3) is 0 Å². The van der Waals surface area contributed by atoms with Gasteiger partial charge in [-0.1, -0.05) is 26.0 Å². The highest BCUT2D eigenvalue weighted by Gasteiger charge is 2.20. The molecule has 24 heavy (non-hydrogen) atoms. The lowest BCUT2D eigenvalue weighted by molar-refractivity contribution is 0.139. The van der Waals surface area contributed by atoms with Gasteiger partial charge in [0.2, 0.25) is 0 Å². The first-order chi connectivity index (χ1) is 11.5. The molecule has 0 radical (unpaired) electrons. The molecule has 0 aromatic heterocycles. The molecule has 1 fully saturated rings. The Morgan fingerprint density at radius 1 is 1.12 bits per heavy atom. The Hall–Kier alpha value is -1.62. The zero-order valence-electron chi connectivity index (χ0n) is 14.9. The van der Waals surface area contributed by atoms with Crippen molar-refractivity contribution in [2.45, 2.75) is 39.7 Å². The van der Waals surface area contributed by atoms with Gasteiger partial charge in [0, 0.05) is 26.2 Å². The van der Waals surface area contributed by atoms with E-state index in [4.69, 9.17) is 0 Å². The molecule has 1 heterocycles. The summed E-state index contributed by atoms with van der Waals surface area (Å²) in [5, 5.41) is 5.66. The van der Waals surface area contributed by atoms with Gasteiger partial charge < -0.3 is 15.5 Å². The number of halogens is 1. The number of piperidine rings is 1. The summed E-state index contributed by atoms with van der Waals surface area (Å²) >= 11 is 0. The van der Waals surface area contributed by atoms with Crippen LogP contribution in [0.2, 0.25) is 0 Å². The fraction of sp³-hybridized carbons (Fsp3) is 0.632. The van der Waals surface area contributed by atoms with E-state index in [1.165, 1.54) is 31.6 Å². The number of amides is 2. The summed E-state index contributed by atoms with van der Waals surface area (Å²) in [6.07, 6.45) is 3.44. The van der Waals surface area contributed by atoms with E-state index in [-0.39, 0.29) is 11.8 Å². The quantitative estimate of drug-likeness (QED) is 0.750. The van der Waals surface area contributed by atoms with Crippen molar-refractivity contribution < 1.29 is 9.18 Å². The van der Waals surface area contributed by atoms with E-state index >= 15 is 0 Å². The third-order valence-electron chi connectivity index (χ3n) is 4.50. The maximum Gasteiger partial charge on any atom is 0.315 e. The van der Waals surface area contributed by atoms with Crippen LogP contribution in [0.4, 0.5) is 9.18 Å².